The van der Waals surface area contributed by atoms with Crippen molar-refractivity contribution in [3.63, 3.8) is 0 Å². The number of benzene rings is 2. The Balaban J connectivity index is 0.000000340. The minimum atomic E-state index is -5.08. The molecule has 0 saturated heterocycles. The molecule has 4 aromatic rings. The van der Waals surface area contributed by atoms with Gasteiger partial charge in [-0.2, -0.15) is 26.3 Å². The Kier molecular flexibility index (Phi) is 14.6. The predicted molar refractivity (Wildman–Crippen MR) is 163 cm³/mol. The van der Waals surface area contributed by atoms with Crippen LogP contribution in [0.5, 0.6) is 11.5 Å². The molecule has 0 unspecified atom stereocenters. The first-order valence-corrected chi connectivity index (χ1v) is 13.6. The highest BCUT2D eigenvalue weighted by molar-refractivity contribution is 6.34. The van der Waals surface area contributed by atoms with Crippen molar-refractivity contribution in [3.05, 3.63) is 72.3 Å². The second kappa shape index (κ2) is 16.9. The van der Waals surface area contributed by atoms with Gasteiger partial charge in [0.2, 0.25) is 0 Å². The molecule has 0 spiro atoms. The summed E-state index contributed by atoms with van der Waals surface area (Å²) >= 11 is 6.03. The van der Waals surface area contributed by atoms with E-state index in [1.165, 1.54) is 0 Å². The highest BCUT2D eigenvalue weighted by atomic mass is 35.5. The molecule has 0 saturated carbocycles. The molecule has 0 bridgehead atoms. The van der Waals surface area contributed by atoms with Crippen LogP contribution in [0.25, 0.3) is 21.5 Å². The van der Waals surface area contributed by atoms with E-state index in [2.05, 4.69) is 9.97 Å². The number of hydrogen-bond donors (Lipinski definition) is 4. The molecule has 0 aliphatic carbocycles. The first-order valence-electron chi connectivity index (χ1n) is 13.2. The van der Waals surface area contributed by atoms with Crippen molar-refractivity contribution in [3.8, 4) is 11.5 Å². The second-order valence-corrected chi connectivity index (χ2v) is 11.3. The summed E-state index contributed by atoms with van der Waals surface area (Å²) in [5.74, 6) is -4.01. The molecule has 17 heteroatoms. The summed E-state index contributed by atoms with van der Waals surface area (Å²) in [5, 5.41) is 18.7. The normalized spacial score (nSPS) is 11.6. The Morgan fingerprint density at radius 3 is 1.51 bits per heavy atom. The molecule has 2 aromatic heterocycles. The summed E-state index contributed by atoms with van der Waals surface area (Å²) in [5.41, 5.74) is 11.1. The molecule has 10 nitrogen and oxygen atoms in total. The Morgan fingerprint density at radius 1 is 0.702 bits per heavy atom. The van der Waals surface area contributed by atoms with Gasteiger partial charge >= 0.3 is 24.3 Å². The number of nitrogens with two attached hydrogens (primary N) is 2. The van der Waals surface area contributed by atoms with E-state index in [-0.39, 0.29) is 11.1 Å². The van der Waals surface area contributed by atoms with Gasteiger partial charge in [0.05, 0.1) is 12.4 Å². The van der Waals surface area contributed by atoms with Gasteiger partial charge in [0.15, 0.2) is 0 Å². The van der Waals surface area contributed by atoms with Crippen molar-refractivity contribution in [2.24, 2.45) is 11.5 Å². The third kappa shape index (κ3) is 15.6. The molecular weight excluding hydrogens is 662 g/mol. The van der Waals surface area contributed by atoms with Crippen LogP contribution in [-0.4, -0.2) is 68.8 Å². The maximum absolute atomic E-state index is 10.6. The first-order chi connectivity index (χ1) is 21.4. The molecule has 6 N–H and O–H groups in total. The summed E-state index contributed by atoms with van der Waals surface area (Å²) < 4.78 is 74.9. The molecule has 0 atom stereocenters. The number of rotatable bonds is 6. The van der Waals surface area contributed by atoms with E-state index in [0.717, 1.165) is 27.3 Å². The van der Waals surface area contributed by atoms with Crippen LogP contribution in [0.2, 0.25) is 5.15 Å². The van der Waals surface area contributed by atoms with Gasteiger partial charge in [-0.05, 0) is 27.7 Å². The number of hydrogen-bond acceptors (Lipinski definition) is 8. The van der Waals surface area contributed by atoms with Crippen molar-refractivity contribution in [2.75, 3.05) is 13.2 Å². The highest BCUT2D eigenvalue weighted by Gasteiger charge is 2.38. The van der Waals surface area contributed by atoms with E-state index < -0.39 is 24.3 Å². The number of ether oxygens (including phenoxy) is 2. The summed E-state index contributed by atoms with van der Waals surface area (Å²) in [7, 11) is 0. The Hall–Kier alpha value is -4.41. The van der Waals surface area contributed by atoms with Crippen LogP contribution in [-0.2, 0) is 9.59 Å². The quantitative estimate of drug-likeness (QED) is 0.127. The second-order valence-electron chi connectivity index (χ2n) is 11.0. The molecule has 258 valence electrons. The van der Waals surface area contributed by atoms with Crippen molar-refractivity contribution in [2.45, 2.75) is 51.1 Å². The fourth-order valence-corrected chi connectivity index (χ4v) is 3.19. The number of nitrogens with zero attached hydrogens (tertiary/aromatic N) is 2. The van der Waals surface area contributed by atoms with E-state index in [9.17, 15) is 26.3 Å². The van der Waals surface area contributed by atoms with E-state index >= 15 is 0 Å². The molecule has 0 aliphatic heterocycles. The third-order valence-corrected chi connectivity index (χ3v) is 5.33. The summed E-state index contributed by atoms with van der Waals surface area (Å²) in [4.78, 5) is 26.0. The lowest BCUT2D eigenvalue weighted by molar-refractivity contribution is -0.193. The van der Waals surface area contributed by atoms with E-state index in [4.69, 9.17) is 52.3 Å². The zero-order chi connectivity index (χ0) is 36.2. The van der Waals surface area contributed by atoms with Crippen LogP contribution in [0.15, 0.2) is 67.1 Å². The number of pyridine rings is 2. The van der Waals surface area contributed by atoms with Crippen molar-refractivity contribution < 1.29 is 55.6 Å². The summed E-state index contributed by atoms with van der Waals surface area (Å²) in [6, 6.07) is 15.8. The number of carbonyl (C=O) groups is 2. The fraction of sp³-hybridized carbons (Fsp3) is 0.333. The standard InChI is InChI=1S/C13H15ClN2O.C13H16N2O.2C2HF3O2/c1-13(2,15)8-17-11-7-16-12(14)10-6-4-3-5-9(10)11;1-13(2,14)9-16-12-8-15-7-10-5-3-4-6-11(10)12;2*3-2(4,5)1(6)7/h3-7H,8,15H2,1-2H3;3-8H,9,14H2,1-2H3;2*(H,6,7). The van der Waals surface area contributed by atoms with E-state index in [1.807, 2.05) is 82.4 Å². The van der Waals surface area contributed by atoms with Crippen molar-refractivity contribution in [1.82, 2.24) is 9.97 Å². The number of carboxylic acid groups (broad SMARTS) is 2. The molecule has 0 radical (unpaired) electrons. The molecule has 47 heavy (non-hydrogen) atoms. The topological polar surface area (TPSA) is 171 Å². The smallest absolute Gasteiger partial charge is 0.489 e. The lowest BCUT2D eigenvalue weighted by atomic mass is 10.1. The Labute approximate surface area is 270 Å². The summed E-state index contributed by atoms with van der Waals surface area (Å²) in [6.07, 6.45) is -4.97. The van der Waals surface area contributed by atoms with E-state index in [1.54, 1.807) is 12.4 Å². The lowest BCUT2D eigenvalue weighted by Crippen LogP contribution is -2.38. The van der Waals surface area contributed by atoms with E-state index in [0.29, 0.717) is 24.1 Å². The summed E-state index contributed by atoms with van der Waals surface area (Å²) in [6.45, 7) is 8.61. The van der Waals surface area contributed by atoms with Gasteiger partial charge in [-0.25, -0.2) is 14.6 Å². The van der Waals surface area contributed by atoms with Gasteiger partial charge in [-0.3, -0.25) is 4.98 Å². The number of aromatic nitrogens is 2. The number of aliphatic carboxylic acids is 2. The van der Waals surface area contributed by atoms with Gasteiger partial charge in [0.25, 0.3) is 0 Å². The largest absolute Gasteiger partial charge is 0.490 e. The van der Waals surface area contributed by atoms with Crippen LogP contribution in [0, 0.1) is 0 Å². The average molecular weight is 695 g/mol. The van der Waals surface area contributed by atoms with Crippen LogP contribution in [0.1, 0.15) is 27.7 Å². The monoisotopic (exact) mass is 694 g/mol. The van der Waals surface area contributed by atoms with Gasteiger partial charge in [-0.1, -0.05) is 60.1 Å². The first kappa shape index (κ1) is 40.6. The Morgan fingerprint density at radius 2 is 1.09 bits per heavy atom. The minimum Gasteiger partial charge on any atom is -0.489 e. The molecular formula is C30H33ClF6N4O6. The lowest BCUT2D eigenvalue weighted by Gasteiger charge is -2.19. The number of carboxylic acids is 2. The van der Waals surface area contributed by atoms with Crippen LogP contribution in [0.4, 0.5) is 26.3 Å². The molecule has 0 amide bonds. The minimum absolute atomic E-state index is 0.336. The van der Waals surface area contributed by atoms with Crippen LogP contribution < -0.4 is 20.9 Å². The SMILES string of the molecule is CC(C)(N)COc1cnc(Cl)c2ccccc12.CC(C)(N)COc1cncc2ccccc12.O=C(O)C(F)(F)F.O=C(O)C(F)(F)F. The number of fused-ring (bicyclic) bond motifs is 2. The van der Waals surface area contributed by atoms with Gasteiger partial charge in [0.1, 0.15) is 29.9 Å². The zero-order valence-electron chi connectivity index (χ0n) is 25.5. The third-order valence-electron chi connectivity index (χ3n) is 5.03. The molecule has 0 aliphatic rings. The number of halogens is 7. The molecule has 2 aromatic carbocycles. The van der Waals surface area contributed by atoms with Gasteiger partial charge in [-0.15, -0.1) is 0 Å². The predicted octanol–water partition coefficient (Wildman–Crippen LogP) is 6.62. The van der Waals surface area contributed by atoms with Crippen LogP contribution in [0.3, 0.4) is 0 Å². The number of alkyl halides is 6. The highest BCUT2D eigenvalue weighted by Crippen LogP contribution is 2.29. The van der Waals surface area contributed by atoms with Crippen LogP contribution >= 0.6 is 11.6 Å². The fourth-order valence-electron chi connectivity index (χ4n) is 2.98. The molecule has 0 fully saturated rings. The zero-order valence-corrected chi connectivity index (χ0v) is 26.2. The Bertz CT molecular complexity index is 1590. The van der Waals surface area contributed by atoms with Gasteiger partial charge < -0.3 is 31.2 Å². The molecule has 2 heterocycles. The maximum atomic E-state index is 10.6. The van der Waals surface area contributed by atoms with Crippen molar-refractivity contribution >= 4 is 45.1 Å². The average Bonchev–Trinajstić information content (AvgIpc) is 2.95. The maximum Gasteiger partial charge on any atom is 0.490 e. The van der Waals surface area contributed by atoms with Crippen molar-refractivity contribution in [1.29, 1.82) is 0 Å². The van der Waals surface area contributed by atoms with Gasteiger partial charge in [0, 0.05) is 38.8 Å². The molecule has 4 rings (SSSR count).